The van der Waals surface area contributed by atoms with E-state index in [1.807, 2.05) is 73.7 Å². The zero-order valence-corrected chi connectivity index (χ0v) is 15.2. The van der Waals surface area contributed by atoms with Crippen molar-refractivity contribution in [1.82, 2.24) is 14.4 Å². The minimum Gasteiger partial charge on any atom is -0.477 e. The van der Waals surface area contributed by atoms with E-state index in [0.29, 0.717) is 5.56 Å². The molecule has 0 aliphatic rings. The van der Waals surface area contributed by atoms with Gasteiger partial charge in [-0.3, -0.25) is 0 Å². The molecule has 2 N–H and O–H groups in total. The summed E-state index contributed by atoms with van der Waals surface area (Å²) < 4.78 is 2.10. The molecule has 2 aromatic carbocycles. The van der Waals surface area contributed by atoms with Gasteiger partial charge in [0.2, 0.25) is 0 Å². The highest BCUT2D eigenvalue weighted by Crippen LogP contribution is 2.35. The minimum absolute atomic E-state index is 0.194. The molecule has 5 heteroatoms. The van der Waals surface area contributed by atoms with Crippen LogP contribution in [0, 0.1) is 6.92 Å². The molecule has 3 aromatic heterocycles. The first-order valence-corrected chi connectivity index (χ1v) is 9.02. The fraction of sp³-hybridized carbons (Fsp3) is 0.0435. The average molecular weight is 367 g/mol. The number of para-hydroxylation sites is 2. The summed E-state index contributed by atoms with van der Waals surface area (Å²) in [5.74, 6) is -0.973. The van der Waals surface area contributed by atoms with E-state index in [2.05, 4.69) is 9.38 Å². The van der Waals surface area contributed by atoms with Gasteiger partial charge in [0.05, 0.1) is 27.9 Å². The SMILES string of the molecule is Cc1c[nH]c(C(=O)O)c1-c1ccc2c(-c3ccccc3)nc3ccccc3n12. The number of hydrogen-bond acceptors (Lipinski definition) is 2. The van der Waals surface area contributed by atoms with Gasteiger partial charge in [-0.1, -0.05) is 42.5 Å². The Morgan fingerprint density at radius 1 is 0.964 bits per heavy atom. The number of H-pyrrole nitrogens is 1. The van der Waals surface area contributed by atoms with Crippen LogP contribution in [0.1, 0.15) is 16.1 Å². The highest BCUT2D eigenvalue weighted by molar-refractivity contribution is 5.97. The van der Waals surface area contributed by atoms with Crippen LogP contribution in [0.5, 0.6) is 0 Å². The van der Waals surface area contributed by atoms with Gasteiger partial charge in [0.25, 0.3) is 0 Å². The van der Waals surface area contributed by atoms with Gasteiger partial charge in [-0.05, 0) is 36.8 Å². The first kappa shape index (κ1) is 16.3. The van der Waals surface area contributed by atoms with Gasteiger partial charge < -0.3 is 14.5 Å². The molecule has 0 amide bonds. The first-order chi connectivity index (χ1) is 13.6. The van der Waals surface area contributed by atoms with Crippen LogP contribution >= 0.6 is 0 Å². The molecule has 0 saturated heterocycles. The van der Waals surface area contributed by atoms with E-state index in [1.54, 1.807) is 6.20 Å². The summed E-state index contributed by atoms with van der Waals surface area (Å²) in [5, 5.41) is 9.64. The normalized spacial score (nSPS) is 11.3. The molecule has 0 bridgehead atoms. The molecule has 3 heterocycles. The highest BCUT2D eigenvalue weighted by Gasteiger charge is 2.21. The number of nitrogens with zero attached hydrogens (tertiary/aromatic N) is 2. The van der Waals surface area contributed by atoms with Crippen molar-refractivity contribution in [2.75, 3.05) is 0 Å². The summed E-state index contributed by atoms with van der Waals surface area (Å²) in [6.45, 7) is 1.92. The maximum Gasteiger partial charge on any atom is 0.353 e. The number of hydrogen-bond donors (Lipinski definition) is 2. The number of benzene rings is 2. The molecule has 0 aliphatic heterocycles. The van der Waals surface area contributed by atoms with Crippen LogP contribution in [0.2, 0.25) is 0 Å². The Morgan fingerprint density at radius 2 is 1.71 bits per heavy atom. The second kappa shape index (κ2) is 6.09. The van der Waals surface area contributed by atoms with Crippen molar-refractivity contribution < 1.29 is 9.90 Å². The van der Waals surface area contributed by atoms with Crippen LogP contribution in [0.4, 0.5) is 0 Å². The molecular weight excluding hydrogens is 350 g/mol. The van der Waals surface area contributed by atoms with E-state index in [0.717, 1.165) is 39.1 Å². The van der Waals surface area contributed by atoms with Crippen molar-refractivity contribution in [3.63, 3.8) is 0 Å². The molecule has 5 nitrogen and oxygen atoms in total. The van der Waals surface area contributed by atoms with Crippen LogP contribution in [-0.2, 0) is 0 Å². The second-order valence-electron chi connectivity index (χ2n) is 6.78. The number of aromatic nitrogens is 3. The lowest BCUT2D eigenvalue weighted by atomic mass is 10.1. The largest absolute Gasteiger partial charge is 0.477 e. The van der Waals surface area contributed by atoms with Crippen molar-refractivity contribution in [3.05, 3.63) is 84.2 Å². The third-order valence-electron chi connectivity index (χ3n) is 5.07. The van der Waals surface area contributed by atoms with Gasteiger partial charge >= 0.3 is 5.97 Å². The van der Waals surface area contributed by atoms with Gasteiger partial charge in [-0.15, -0.1) is 0 Å². The number of nitrogens with one attached hydrogen (secondary N) is 1. The number of fused-ring (bicyclic) bond motifs is 3. The van der Waals surface area contributed by atoms with E-state index in [1.165, 1.54) is 0 Å². The van der Waals surface area contributed by atoms with Gasteiger partial charge in [-0.2, -0.15) is 0 Å². The summed E-state index contributed by atoms with van der Waals surface area (Å²) in [6, 6.07) is 21.9. The van der Waals surface area contributed by atoms with Gasteiger partial charge in [0, 0.05) is 17.3 Å². The predicted molar refractivity (Wildman–Crippen MR) is 110 cm³/mol. The van der Waals surface area contributed by atoms with Gasteiger partial charge in [0.15, 0.2) is 0 Å². The number of carbonyl (C=O) groups is 1. The summed E-state index contributed by atoms with van der Waals surface area (Å²) in [7, 11) is 0. The highest BCUT2D eigenvalue weighted by atomic mass is 16.4. The van der Waals surface area contributed by atoms with Crippen molar-refractivity contribution in [3.8, 4) is 22.5 Å². The fourth-order valence-electron chi connectivity index (χ4n) is 3.83. The number of carboxylic acids is 1. The van der Waals surface area contributed by atoms with E-state index < -0.39 is 5.97 Å². The van der Waals surface area contributed by atoms with Crippen molar-refractivity contribution in [1.29, 1.82) is 0 Å². The summed E-state index contributed by atoms with van der Waals surface area (Å²) in [5.41, 5.74) is 7.24. The monoisotopic (exact) mass is 367 g/mol. The molecule has 0 aliphatic carbocycles. The number of rotatable bonds is 3. The molecular formula is C23H17N3O2. The Kier molecular flexibility index (Phi) is 3.55. The number of carboxylic acid groups (broad SMARTS) is 1. The van der Waals surface area contributed by atoms with Crippen LogP contribution in [-0.4, -0.2) is 25.4 Å². The fourth-order valence-corrected chi connectivity index (χ4v) is 3.83. The molecule has 136 valence electrons. The third-order valence-corrected chi connectivity index (χ3v) is 5.07. The lowest BCUT2D eigenvalue weighted by Gasteiger charge is -2.12. The number of aromatic carboxylic acids is 1. The molecule has 0 spiro atoms. The molecule has 0 saturated carbocycles. The van der Waals surface area contributed by atoms with Crippen molar-refractivity contribution in [2.45, 2.75) is 6.92 Å². The molecule has 0 fully saturated rings. The van der Waals surface area contributed by atoms with Gasteiger partial charge in [0.1, 0.15) is 5.69 Å². The molecule has 0 atom stereocenters. The maximum absolute atomic E-state index is 11.8. The quantitative estimate of drug-likeness (QED) is 0.463. The topological polar surface area (TPSA) is 70.4 Å². The molecule has 5 rings (SSSR count). The van der Waals surface area contributed by atoms with Crippen LogP contribution in [0.25, 0.3) is 39.1 Å². The summed E-state index contributed by atoms with van der Waals surface area (Å²) in [6.07, 6.45) is 1.74. The summed E-state index contributed by atoms with van der Waals surface area (Å²) >= 11 is 0. The minimum atomic E-state index is -0.973. The first-order valence-electron chi connectivity index (χ1n) is 9.02. The third kappa shape index (κ3) is 2.33. The second-order valence-corrected chi connectivity index (χ2v) is 6.78. The molecule has 0 unspecified atom stereocenters. The zero-order chi connectivity index (χ0) is 19.3. The number of aryl methyl sites for hydroxylation is 1. The predicted octanol–water partition coefficient (Wildman–Crippen LogP) is 5.16. The lowest BCUT2D eigenvalue weighted by molar-refractivity contribution is 0.0692. The lowest BCUT2D eigenvalue weighted by Crippen LogP contribution is -2.02. The Bertz CT molecular complexity index is 1350. The molecule has 28 heavy (non-hydrogen) atoms. The van der Waals surface area contributed by atoms with Crippen LogP contribution in [0.3, 0.4) is 0 Å². The van der Waals surface area contributed by atoms with Crippen LogP contribution in [0.15, 0.2) is 72.9 Å². The van der Waals surface area contributed by atoms with Crippen LogP contribution < -0.4 is 0 Å². The van der Waals surface area contributed by atoms with E-state index in [9.17, 15) is 9.90 Å². The Balaban J connectivity index is 1.93. The van der Waals surface area contributed by atoms with E-state index in [-0.39, 0.29) is 5.69 Å². The Hall–Kier alpha value is -3.86. The Labute approximate surface area is 160 Å². The zero-order valence-electron chi connectivity index (χ0n) is 15.2. The van der Waals surface area contributed by atoms with E-state index >= 15 is 0 Å². The maximum atomic E-state index is 11.8. The standard InChI is InChI=1S/C23H17N3O2/c1-14-13-24-22(23(27)28)20(14)18-11-12-19-21(15-7-3-2-4-8-15)25-16-9-5-6-10-17(16)26(18)19/h2-13,24H,1H3,(H,27,28). The molecule has 5 aromatic rings. The van der Waals surface area contributed by atoms with Gasteiger partial charge in [-0.25, -0.2) is 9.78 Å². The smallest absolute Gasteiger partial charge is 0.353 e. The van der Waals surface area contributed by atoms with Crippen molar-refractivity contribution >= 4 is 22.5 Å². The average Bonchev–Trinajstić information content (AvgIpc) is 3.31. The van der Waals surface area contributed by atoms with Crippen molar-refractivity contribution in [2.24, 2.45) is 0 Å². The Morgan fingerprint density at radius 3 is 2.50 bits per heavy atom. The molecule has 0 radical (unpaired) electrons. The number of aromatic amines is 1. The summed E-state index contributed by atoms with van der Waals surface area (Å²) in [4.78, 5) is 19.6. The van der Waals surface area contributed by atoms with E-state index in [4.69, 9.17) is 4.98 Å².